The van der Waals surface area contributed by atoms with Gasteiger partial charge >= 0.3 is 0 Å². The van der Waals surface area contributed by atoms with Crippen molar-refractivity contribution < 1.29 is 9.84 Å². The Morgan fingerprint density at radius 2 is 1.62 bits per heavy atom. The van der Waals surface area contributed by atoms with Gasteiger partial charge in [-0.2, -0.15) is 0 Å². The highest BCUT2D eigenvalue weighted by Crippen LogP contribution is 2.40. The van der Waals surface area contributed by atoms with Crippen LogP contribution in [0.5, 0.6) is 17.2 Å². The number of phenolic OH excluding ortho intramolecular Hbond substituents is 1. The molecule has 82 valence electrons. The zero-order valence-electron chi connectivity index (χ0n) is 8.15. The number of hydrogen-bond donors (Lipinski definition) is 1. The maximum atomic E-state index is 9.69. The van der Waals surface area contributed by atoms with Crippen LogP contribution < -0.4 is 4.74 Å². The molecule has 2 aromatic carbocycles. The molecule has 0 aliphatic heterocycles. The fraction of sp³-hybridized carbons (Fsp3) is 0. The van der Waals surface area contributed by atoms with Crippen molar-refractivity contribution in [1.82, 2.24) is 0 Å². The Morgan fingerprint density at radius 1 is 0.938 bits per heavy atom. The first-order valence-electron chi connectivity index (χ1n) is 4.58. The van der Waals surface area contributed by atoms with Gasteiger partial charge < -0.3 is 9.84 Å². The Hall–Kier alpha value is -1.00. The van der Waals surface area contributed by atoms with Crippen LogP contribution in [0.15, 0.2) is 51.4 Å². The molecule has 1 N–H and O–H groups in total. The lowest BCUT2D eigenvalue weighted by atomic mass is 10.3. The Balaban J connectivity index is 2.33. The fourth-order valence-corrected chi connectivity index (χ4v) is 2.24. The third-order valence-electron chi connectivity index (χ3n) is 2.00. The first kappa shape index (κ1) is 11.5. The number of benzene rings is 2. The SMILES string of the molecule is Oc1c(Br)ccc(Oc2ccccc2)c1Br. The largest absolute Gasteiger partial charge is 0.505 e. The number of phenols is 1. The van der Waals surface area contributed by atoms with E-state index in [4.69, 9.17) is 4.74 Å². The topological polar surface area (TPSA) is 29.5 Å². The molecule has 0 radical (unpaired) electrons. The molecule has 0 bridgehead atoms. The molecule has 4 heteroatoms. The molecular weight excluding hydrogens is 336 g/mol. The third-order valence-corrected chi connectivity index (χ3v) is 3.41. The smallest absolute Gasteiger partial charge is 0.147 e. The number of ether oxygens (including phenoxy) is 1. The summed E-state index contributed by atoms with van der Waals surface area (Å²) in [4.78, 5) is 0. The minimum absolute atomic E-state index is 0.133. The minimum atomic E-state index is 0.133. The molecule has 0 aromatic heterocycles. The Labute approximate surface area is 110 Å². The van der Waals surface area contributed by atoms with E-state index >= 15 is 0 Å². The lowest BCUT2D eigenvalue weighted by Gasteiger charge is -2.09. The highest BCUT2D eigenvalue weighted by atomic mass is 79.9. The van der Waals surface area contributed by atoms with Crippen molar-refractivity contribution in [3.05, 3.63) is 51.4 Å². The molecule has 0 heterocycles. The molecule has 0 unspecified atom stereocenters. The van der Waals surface area contributed by atoms with Crippen LogP contribution >= 0.6 is 31.9 Å². The van der Waals surface area contributed by atoms with Crippen molar-refractivity contribution in [2.75, 3.05) is 0 Å². The first-order chi connectivity index (χ1) is 7.68. The minimum Gasteiger partial charge on any atom is -0.505 e. The average Bonchev–Trinajstić information content (AvgIpc) is 2.31. The van der Waals surface area contributed by atoms with Gasteiger partial charge in [-0.1, -0.05) is 18.2 Å². The molecule has 2 rings (SSSR count). The van der Waals surface area contributed by atoms with Gasteiger partial charge in [-0.25, -0.2) is 0 Å². The first-order valence-corrected chi connectivity index (χ1v) is 6.17. The Kier molecular flexibility index (Phi) is 3.51. The summed E-state index contributed by atoms with van der Waals surface area (Å²) in [6.07, 6.45) is 0. The van der Waals surface area contributed by atoms with E-state index in [1.807, 2.05) is 30.3 Å². The molecule has 0 saturated heterocycles. The summed E-state index contributed by atoms with van der Waals surface area (Å²) in [5.74, 6) is 1.44. The molecule has 0 aliphatic rings. The average molecular weight is 344 g/mol. The molecule has 2 aromatic rings. The second-order valence-corrected chi connectivity index (χ2v) is 4.77. The van der Waals surface area contributed by atoms with Crippen LogP contribution in [-0.4, -0.2) is 5.11 Å². The van der Waals surface area contributed by atoms with E-state index in [0.717, 1.165) is 5.75 Å². The maximum Gasteiger partial charge on any atom is 0.147 e. The van der Waals surface area contributed by atoms with Crippen LogP contribution in [0.1, 0.15) is 0 Å². The van der Waals surface area contributed by atoms with E-state index in [-0.39, 0.29) is 5.75 Å². The molecule has 0 fully saturated rings. The Morgan fingerprint density at radius 3 is 2.31 bits per heavy atom. The summed E-state index contributed by atoms with van der Waals surface area (Å²) in [6, 6.07) is 12.9. The van der Waals surface area contributed by atoms with Crippen LogP contribution in [0.25, 0.3) is 0 Å². The van der Waals surface area contributed by atoms with Crippen molar-refractivity contribution >= 4 is 31.9 Å². The van der Waals surface area contributed by atoms with Gasteiger partial charge in [0.1, 0.15) is 21.7 Å². The van der Waals surface area contributed by atoms with Crippen LogP contribution in [-0.2, 0) is 0 Å². The van der Waals surface area contributed by atoms with Crippen molar-refractivity contribution in [2.45, 2.75) is 0 Å². The number of hydrogen-bond acceptors (Lipinski definition) is 2. The van der Waals surface area contributed by atoms with Crippen molar-refractivity contribution in [2.24, 2.45) is 0 Å². The van der Waals surface area contributed by atoms with Crippen molar-refractivity contribution in [3.8, 4) is 17.2 Å². The van der Waals surface area contributed by atoms with Gasteiger partial charge in [0.15, 0.2) is 0 Å². The van der Waals surface area contributed by atoms with Gasteiger partial charge in [-0.05, 0) is 56.1 Å². The van der Waals surface area contributed by atoms with Crippen molar-refractivity contribution in [3.63, 3.8) is 0 Å². The number of aromatic hydroxyl groups is 1. The predicted molar refractivity (Wildman–Crippen MR) is 70.0 cm³/mol. The molecule has 0 amide bonds. The van der Waals surface area contributed by atoms with Gasteiger partial charge in [0, 0.05) is 0 Å². The van der Waals surface area contributed by atoms with E-state index < -0.39 is 0 Å². The van der Waals surface area contributed by atoms with E-state index in [0.29, 0.717) is 14.7 Å². The molecule has 0 atom stereocenters. The van der Waals surface area contributed by atoms with E-state index in [2.05, 4.69) is 31.9 Å². The van der Waals surface area contributed by atoms with Crippen LogP contribution in [0.2, 0.25) is 0 Å². The lowest BCUT2D eigenvalue weighted by molar-refractivity contribution is 0.447. The molecule has 2 nitrogen and oxygen atoms in total. The van der Waals surface area contributed by atoms with Gasteiger partial charge in [0.05, 0.1) is 4.47 Å². The summed E-state index contributed by atoms with van der Waals surface area (Å²) in [5.41, 5.74) is 0. The number of halogens is 2. The van der Waals surface area contributed by atoms with E-state index in [9.17, 15) is 5.11 Å². The summed E-state index contributed by atoms with van der Waals surface area (Å²) in [7, 11) is 0. The summed E-state index contributed by atoms with van der Waals surface area (Å²) in [5, 5.41) is 9.69. The van der Waals surface area contributed by atoms with Crippen LogP contribution in [0.4, 0.5) is 0 Å². The maximum absolute atomic E-state index is 9.69. The summed E-state index contributed by atoms with van der Waals surface area (Å²) < 4.78 is 6.78. The van der Waals surface area contributed by atoms with E-state index in [1.54, 1.807) is 12.1 Å². The van der Waals surface area contributed by atoms with Crippen LogP contribution in [0, 0.1) is 0 Å². The molecule has 0 aliphatic carbocycles. The highest BCUT2D eigenvalue weighted by molar-refractivity contribution is 9.11. The molecule has 16 heavy (non-hydrogen) atoms. The molecule has 0 saturated carbocycles. The predicted octanol–water partition coefficient (Wildman–Crippen LogP) is 4.71. The van der Waals surface area contributed by atoms with Gasteiger partial charge in [0.25, 0.3) is 0 Å². The third kappa shape index (κ3) is 2.39. The van der Waals surface area contributed by atoms with Crippen molar-refractivity contribution in [1.29, 1.82) is 0 Å². The second kappa shape index (κ2) is 4.89. The highest BCUT2D eigenvalue weighted by Gasteiger charge is 2.10. The summed E-state index contributed by atoms with van der Waals surface area (Å²) in [6.45, 7) is 0. The zero-order valence-corrected chi connectivity index (χ0v) is 11.3. The number of rotatable bonds is 2. The fourth-order valence-electron chi connectivity index (χ4n) is 1.22. The zero-order chi connectivity index (χ0) is 11.5. The quantitative estimate of drug-likeness (QED) is 0.855. The molecular formula is C12H8Br2O2. The van der Waals surface area contributed by atoms with Gasteiger partial charge in [-0.15, -0.1) is 0 Å². The van der Waals surface area contributed by atoms with Gasteiger partial charge in [0.2, 0.25) is 0 Å². The van der Waals surface area contributed by atoms with Crippen LogP contribution in [0.3, 0.4) is 0 Å². The van der Waals surface area contributed by atoms with Gasteiger partial charge in [-0.3, -0.25) is 0 Å². The number of para-hydroxylation sites is 1. The van der Waals surface area contributed by atoms with E-state index in [1.165, 1.54) is 0 Å². The standard InChI is InChI=1S/C12H8Br2O2/c13-9-6-7-10(11(14)12(9)15)16-8-4-2-1-3-5-8/h1-7,15H. The Bertz CT molecular complexity index is 498. The summed E-state index contributed by atoms with van der Waals surface area (Å²) >= 11 is 6.51. The molecule has 0 spiro atoms. The monoisotopic (exact) mass is 342 g/mol. The normalized spacial score (nSPS) is 10.1. The lowest BCUT2D eigenvalue weighted by Crippen LogP contribution is -1.85. The second-order valence-electron chi connectivity index (χ2n) is 3.12.